The lowest BCUT2D eigenvalue weighted by atomic mass is 10.0. The number of aromatic amines is 1. The van der Waals surface area contributed by atoms with E-state index >= 15 is 0 Å². The van der Waals surface area contributed by atoms with Crippen LogP contribution < -0.4 is 10.1 Å². The van der Waals surface area contributed by atoms with Crippen molar-refractivity contribution < 1.29 is 14.3 Å². The summed E-state index contributed by atoms with van der Waals surface area (Å²) in [6.07, 6.45) is 7.61. The highest BCUT2D eigenvalue weighted by Gasteiger charge is 2.27. The molecule has 29 heavy (non-hydrogen) atoms. The van der Waals surface area contributed by atoms with Crippen LogP contribution in [-0.4, -0.2) is 56.9 Å². The van der Waals surface area contributed by atoms with E-state index in [1.54, 1.807) is 48.7 Å². The van der Waals surface area contributed by atoms with Gasteiger partial charge in [0.2, 0.25) is 0 Å². The fourth-order valence-electron chi connectivity index (χ4n) is 3.51. The van der Waals surface area contributed by atoms with Crippen molar-refractivity contribution in [1.29, 1.82) is 0 Å². The van der Waals surface area contributed by atoms with Crippen molar-refractivity contribution in [2.75, 3.05) is 13.1 Å². The first-order valence-corrected chi connectivity index (χ1v) is 9.69. The molecule has 1 saturated heterocycles. The van der Waals surface area contributed by atoms with Gasteiger partial charge in [0.05, 0.1) is 11.8 Å². The van der Waals surface area contributed by atoms with Gasteiger partial charge < -0.3 is 19.9 Å². The first kappa shape index (κ1) is 18.9. The minimum atomic E-state index is -0.648. The average molecular weight is 393 g/mol. The van der Waals surface area contributed by atoms with Crippen LogP contribution in [0.2, 0.25) is 0 Å². The third kappa shape index (κ3) is 4.37. The summed E-state index contributed by atoms with van der Waals surface area (Å²) in [6.45, 7) is 2.83. The second-order valence-corrected chi connectivity index (χ2v) is 7.19. The van der Waals surface area contributed by atoms with Gasteiger partial charge in [0.15, 0.2) is 6.10 Å². The van der Waals surface area contributed by atoms with Gasteiger partial charge in [0, 0.05) is 43.1 Å². The SMILES string of the molecule is CC(Oc1cccnc1)C(=O)N[C@H]1CCCN(C(=O)c2cnc3[nH]ccc3c2)C1. The summed E-state index contributed by atoms with van der Waals surface area (Å²) in [4.78, 5) is 38.5. The minimum absolute atomic E-state index is 0.0702. The number of carbonyl (C=O) groups is 2. The van der Waals surface area contributed by atoms with Crippen molar-refractivity contribution in [3.8, 4) is 5.75 Å². The van der Waals surface area contributed by atoms with Crippen molar-refractivity contribution in [2.45, 2.75) is 31.9 Å². The highest BCUT2D eigenvalue weighted by atomic mass is 16.5. The van der Waals surface area contributed by atoms with E-state index < -0.39 is 6.10 Å². The molecule has 3 aromatic rings. The predicted octanol–water partition coefficient (Wildman–Crippen LogP) is 2.15. The Labute approximate surface area is 168 Å². The molecule has 1 unspecified atom stereocenters. The van der Waals surface area contributed by atoms with Crippen molar-refractivity contribution in [3.63, 3.8) is 0 Å². The van der Waals surface area contributed by atoms with Gasteiger partial charge in [-0.15, -0.1) is 0 Å². The van der Waals surface area contributed by atoms with Crippen LogP contribution in [0, 0.1) is 0 Å². The van der Waals surface area contributed by atoms with E-state index in [2.05, 4.69) is 20.3 Å². The van der Waals surface area contributed by atoms with E-state index in [-0.39, 0.29) is 17.9 Å². The molecule has 1 aliphatic heterocycles. The maximum absolute atomic E-state index is 12.9. The molecular formula is C21H23N5O3. The number of fused-ring (bicyclic) bond motifs is 1. The van der Waals surface area contributed by atoms with E-state index in [0.717, 1.165) is 23.9 Å². The first-order valence-electron chi connectivity index (χ1n) is 9.69. The van der Waals surface area contributed by atoms with Crippen LogP contribution in [0.25, 0.3) is 11.0 Å². The fraction of sp³-hybridized carbons (Fsp3) is 0.333. The molecule has 0 aliphatic carbocycles. The molecule has 3 aromatic heterocycles. The van der Waals surface area contributed by atoms with Crippen molar-refractivity contribution in [2.24, 2.45) is 0 Å². The quantitative estimate of drug-likeness (QED) is 0.692. The molecule has 8 heteroatoms. The Morgan fingerprint density at radius 3 is 3.07 bits per heavy atom. The Balaban J connectivity index is 1.36. The lowest BCUT2D eigenvalue weighted by Gasteiger charge is -2.33. The monoisotopic (exact) mass is 393 g/mol. The van der Waals surface area contributed by atoms with Gasteiger partial charge in [-0.1, -0.05) is 0 Å². The van der Waals surface area contributed by atoms with E-state index in [4.69, 9.17) is 4.74 Å². The Hall–Kier alpha value is -3.42. The van der Waals surface area contributed by atoms with E-state index in [1.165, 1.54) is 0 Å². The third-order valence-electron chi connectivity index (χ3n) is 5.02. The zero-order chi connectivity index (χ0) is 20.2. The molecular weight excluding hydrogens is 370 g/mol. The van der Waals surface area contributed by atoms with Gasteiger partial charge in [0.1, 0.15) is 11.4 Å². The van der Waals surface area contributed by atoms with E-state index in [1.807, 2.05) is 12.1 Å². The molecule has 4 rings (SSSR count). The smallest absolute Gasteiger partial charge is 0.261 e. The van der Waals surface area contributed by atoms with Crippen LogP contribution in [0.5, 0.6) is 5.75 Å². The molecule has 2 amide bonds. The third-order valence-corrected chi connectivity index (χ3v) is 5.02. The zero-order valence-electron chi connectivity index (χ0n) is 16.2. The van der Waals surface area contributed by atoms with Gasteiger partial charge in [-0.25, -0.2) is 4.98 Å². The lowest BCUT2D eigenvalue weighted by molar-refractivity contribution is -0.128. The van der Waals surface area contributed by atoms with Crippen LogP contribution in [0.1, 0.15) is 30.1 Å². The number of amides is 2. The molecule has 2 atom stereocenters. The summed E-state index contributed by atoms with van der Waals surface area (Å²) < 4.78 is 5.63. The molecule has 4 heterocycles. The summed E-state index contributed by atoms with van der Waals surface area (Å²) in [6, 6.07) is 7.14. The van der Waals surface area contributed by atoms with Crippen molar-refractivity contribution >= 4 is 22.8 Å². The topological polar surface area (TPSA) is 100 Å². The number of piperidine rings is 1. The summed E-state index contributed by atoms with van der Waals surface area (Å²) in [5.41, 5.74) is 1.31. The van der Waals surface area contributed by atoms with Gasteiger partial charge in [0.25, 0.3) is 11.8 Å². The number of ether oxygens (including phenoxy) is 1. The first-order chi connectivity index (χ1) is 14.1. The van der Waals surface area contributed by atoms with Crippen LogP contribution in [0.3, 0.4) is 0 Å². The molecule has 0 radical (unpaired) electrons. The maximum Gasteiger partial charge on any atom is 0.261 e. The summed E-state index contributed by atoms with van der Waals surface area (Å²) in [5.74, 6) is 0.269. The van der Waals surface area contributed by atoms with Crippen LogP contribution >= 0.6 is 0 Å². The van der Waals surface area contributed by atoms with Crippen LogP contribution in [0.4, 0.5) is 0 Å². The van der Waals surface area contributed by atoms with Gasteiger partial charge in [-0.2, -0.15) is 0 Å². The largest absolute Gasteiger partial charge is 0.479 e. The number of nitrogens with zero attached hydrogens (tertiary/aromatic N) is 3. The highest BCUT2D eigenvalue weighted by Crippen LogP contribution is 2.17. The predicted molar refractivity (Wildman–Crippen MR) is 107 cm³/mol. The molecule has 150 valence electrons. The van der Waals surface area contributed by atoms with E-state index in [0.29, 0.717) is 24.4 Å². The summed E-state index contributed by atoms with van der Waals surface area (Å²) in [7, 11) is 0. The average Bonchev–Trinajstić information content (AvgIpc) is 3.22. The van der Waals surface area contributed by atoms with Gasteiger partial charge >= 0.3 is 0 Å². The molecule has 2 N–H and O–H groups in total. The Bertz CT molecular complexity index is 1000. The van der Waals surface area contributed by atoms with Crippen molar-refractivity contribution in [1.82, 2.24) is 25.2 Å². The van der Waals surface area contributed by atoms with Gasteiger partial charge in [-0.05, 0) is 44.0 Å². The molecule has 1 fully saturated rings. The van der Waals surface area contributed by atoms with Crippen LogP contribution in [-0.2, 0) is 4.79 Å². The zero-order valence-corrected chi connectivity index (χ0v) is 16.2. The number of hydrogen-bond donors (Lipinski definition) is 2. The Kier molecular flexibility index (Phi) is 5.41. The summed E-state index contributed by atoms with van der Waals surface area (Å²) in [5, 5.41) is 3.90. The highest BCUT2D eigenvalue weighted by molar-refractivity contribution is 5.97. The molecule has 1 aliphatic rings. The standard InChI is InChI=1S/C21H23N5O3/c1-14(29-18-5-2-7-22-12-18)20(27)25-17-4-3-9-26(13-17)21(28)16-10-15-6-8-23-19(15)24-11-16/h2,5-8,10-12,14,17H,3-4,9,13H2,1H3,(H,23,24)(H,25,27)/t14?,17-/m0/s1. The number of pyridine rings is 2. The second-order valence-electron chi connectivity index (χ2n) is 7.19. The number of likely N-dealkylation sites (tertiary alicyclic amines) is 1. The lowest BCUT2D eigenvalue weighted by Crippen LogP contribution is -2.52. The number of hydrogen-bond acceptors (Lipinski definition) is 5. The molecule has 0 saturated carbocycles. The molecule has 0 aromatic carbocycles. The minimum Gasteiger partial charge on any atom is -0.479 e. The second kappa shape index (κ2) is 8.30. The molecule has 8 nitrogen and oxygen atoms in total. The molecule has 0 bridgehead atoms. The Morgan fingerprint density at radius 1 is 1.34 bits per heavy atom. The van der Waals surface area contributed by atoms with Crippen LogP contribution in [0.15, 0.2) is 49.1 Å². The fourth-order valence-corrected chi connectivity index (χ4v) is 3.51. The molecule has 0 spiro atoms. The normalized spacial score (nSPS) is 17.7. The number of aromatic nitrogens is 3. The van der Waals surface area contributed by atoms with E-state index in [9.17, 15) is 9.59 Å². The number of nitrogens with one attached hydrogen (secondary N) is 2. The van der Waals surface area contributed by atoms with Crippen molar-refractivity contribution in [3.05, 3.63) is 54.6 Å². The van der Waals surface area contributed by atoms with Gasteiger partial charge in [-0.3, -0.25) is 14.6 Å². The summed E-state index contributed by atoms with van der Waals surface area (Å²) >= 11 is 0. The maximum atomic E-state index is 12.9. The number of H-pyrrole nitrogens is 1. The Morgan fingerprint density at radius 2 is 2.24 bits per heavy atom. The number of carbonyl (C=O) groups excluding carboxylic acids is 2. The number of rotatable bonds is 5.